The maximum absolute atomic E-state index is 14.7. The van der Waals surface area contributed by atoms with Crippen molar-refractivity contribution in [3.05, 3.63) is 59.7 Å². The van der Waals surface area contributed by atoms with Crippen LogP contribution in [0.1, 0.15) is 37.1 Å². The number of ketones is 2. The summed E-state index contributed by atoms with van der Waals surface area (Å²) in [5, 5.41) is 6.59. The molecule has 2 saturated heterocycles. The van der Waals surface area contributed by atoms with Gasteiger partial charge in [-0.25, -0.2) is 0 Å². The minimum atomic E-state index is -1.50. The predicted octanol–water partition coefficient (Wildman–Crippen LogP) is 2.17. The molecule has 0 radical (unpaired) electrons. The van der Waals surface area contributed by atoms with Crippen molar-refractivity contribution in [1.29, 1.82) is 0 Å². The van der Waals surface area contributed by atoms with Crippen molar-refractivity contribution in [1.82, 2.24) is 10.6 Å². The van der Waals surface area contributed by atoms with E-state index in [2.05, 4.69) is 10.6 Å². The summed E-state index contributed by atoms with van der Waals surface area (Å²) in [4.78, 5) is 55.7. The van der Waals surface area contributed by atoms with E-state index in [9.17, 15) is 19.2 Å². The van der Waals surface area contributed by atoms with E-state index in [1.165, 1.54) is 14.2 Å². The van der Waals surface area contributed by atoms with Gasteiger partial charge in [0.2, 0.25) is 0 Å². The van der Waals surface area contributed by atoms with Crippen molar-refractivity contribution in [2.75, 3.05) is 28.4 Å². The Balaban J connectivity index is 1.67. The molecule has 0 bridgehead atoms. The zero-order valence-corrected chi connectivity index (χ0v) is 23.3. The standard InChI is InChI=1S/C30H34N2O8/c1-29(27(35)39-5)21-19(23(31-29)15-7-11-17(37-3)12-8-15)25(33)20-22(26(21)34)30(2,28(36)40-6)32-24(20)16-9-13-18(38-4)14-10-16/h7-14,19-24,31-32H,1-6H3/t19-,20-,21-,22-,23-,24-,29-,30-/m0/s1. The summed E-state index contributed by atoms with van der Waals surface area (Å²) in [7, 11) is 5.61. The van der Waals surface area contributed by atoms with Gasteiger partial charge in [-0.3, -0.25) is 29.8 Å². The van der Waals surface area contributed by atoms with Gasteiger partial charge in [0, 0.05) is 23.9 Å². The van der Waals surface area contributed by atoms with Gasteiger partial charge in [0.1, 0.15) is 34.1 Å². The molecule has 2 aromatic carbocycles. The zero-order chi connectivity index (χ0) is 29.0. The van der Waals surface area contributed by atoms with Gasteiger partial charge in [-0.2, -0.15) is 0 Å². The average molecular weight is 551 g/mol. The number of rotatable bonds is 6. The molecule has 10 heteroatoms. The Morgan fingerprint density at radius 2 is 0.975 bits per heavy atom. The summed E-state index contributed by atoms with van der Waals surface area (Å²) in [5.41, 5.74) is -1.55. The molecule has 2 heterocycles. The number of methoxy groups -OCH3 is 4. The fourth-order valence-electron chi connectivity index (χ4n) is 7.10. The van der Waals surface area contributed by atoms with Crippen LogP contribution in [0, 0.1) is 23.7 Å². The molecule has 2 aliphatic heterocycles. The summed E-state index contributed by atoms with van der Waals surface area (Å²) in [6.07, 6.45) is 0. The zero-order valence-electron chi connectivity index (χ0n) is 23.3. The second kappa shape index (κ2) is 10.0. The number of esters is 2. The van der Waals surface area contributed by atoms with Crippen molar-refractivity contribution < 1.29 is 38.1 Å². The molecule has 1 aliphatic carbocycles. The van der Waals surface area contributed by atoms with Crippen molar-refractivity contribution >= 4 is 23.5 Å². The number of hydrogen-bond acceptors (Lipinski definition) is 10. The van der Waals surface area contributed by atoms with Gasteiger partial charge in [0.15, 0.2) is 0 Å². The van der Waals surface area contributed by atoms with Crippen LogP contribution in [-0.2, 0) is 28.7 Å². The number of carbonyl (C=O) groups excluding carboxylic acids is 4. The van der Waals surface area contributed by atoms with Crippen LogP contribution in [0.3, 0.4) is 0 Å². The largest absolute Gasteiger partial charge is 0.497 e. The minimum absolute atomic E-state index is 0.212. The molecule has 212 valence electrons. The Bertz CT molecular complexity index is 1240. The first-order chi connectivity index (χ1) is 19.0. The highest BCUT2D eigenvalue weighted by Gasteiger charge is 2.72. The number of fused-ring (bicyclic) bond motifs is 2. The summed E-state index contributed by atoms with van der Waals surface area (Å²) in [5.74, 6) is -4.52. The van der Waals surface area contributed by atoms with Gasteiger partial charge in [-0.15, -0.1) is 0 Å². The molecule has 0 amide bonds. The smallest absolute Gasteiger partial charge is 0.326 e. The normalized spacial score (nSPS) is 34.5. The number of benzene rings is 2. The highest BCUT2D eigenvalue weighted by atomic mass is 16.5. The Morgan fingerprint density at radius 3 is 1.27 bits per heavy atom. The van der Waals surface area contributed by atoms with Gasteiger partial charge in [-0.1, -0.05) is 24.3 Å². The highest BCUT2D eigenvalue weighted by molar-refractivity contribution is 6.08. The minimum Gasteiger partial charge on any atom is -0.497 e. The summed E-state index contributed by atoms with van der Waals surface area (Å²) in [6.45, 7) is 3.18. The molecule has 10 nitrogen and oxygen atoms in total. The van der Waals surface area contributed by atoms with Crippen LogP contribution in [0.25, 0.3) is 0 Å². The second-order valence-electron chi connectivity index (χ2n) is 11.0. The molecule has 5 rings (SSSR count). The molecule has 8 atom stereocenters. The van der Waals surface area contributed by atoms with E-state index in [1.807, 2.05) is 24.3 Å². The Kier molecular flexibility index (Phi) is 6.96. The number of hydrogen-bond donors (Lipinski definition) is 2. The van der Waals surface area contributed by atoms with Crippen LogP contribution < -0.4 is 20.1 Å². The number of ether oxygens (including phenoxy) is 4. The fourth-order valence-corrected chi connectivity index (χ4v) is 7.10. The third-order valence-electron chi connectivity index (χ3n) is 9.03. The van der Waals surface area contributed by atoms with Gasteiger partial charge in [0.05, 0.1) is 40.3 Å². The first-order valence-electron chi connectivity index (χ1n) is 13.1. The molecule has 3 fully saturated rings. The monoisotopic (exact) mass is 550 g/mol. The number of Topliss-reactive ketones (excluding diaryl/α,β-unsaturated/α-hetero) is 2. The second-order valence-corrected chi connectivity index (χ2v) is 11.0. The van der Waals surface area contributed by atoms with Gasteiger partial charge >= 0.3 is 11.9 Å². The van der Waals surface area contributed by atoms with Gasteiger partial charge in [0.25, 0.3) is 0 Å². The Morgan fingerprint density at radius 1 is 0.625 bits per heavy atom. The topological polar surface area (TPSA) is 129 Å². The SMILES string of the molecule is COC(=O)[C@@]1(C)N[C@@H](c2ccc(OC)cc2)[C@H]2C(=O)[C@H]3[C@@H](C(=O)[C@H]21)[C@@](C)(C(=O)OC)N[C@H]3c1ccc(OC)cc1. The van der Waals surface area contributed by atoms with Crippen LogP contribution in [0.15, 0.2) is 48.5 Å². The lowest BCUT2D eigenvalue weighted by Gasteiger charge is -2.41. The lowest BCUT2D eigenvalue weighted by Crippen LogP contribution is -2.61. The summed E-state index contributed by atoms with van der Waals surface area (Å²) >= 11 is 0. The lowest BCUT2D eigenvalue weighted by molar-refractivity contribution is -0.160. The van der Waals surface area contributed by atoms with E-state index in [4.69, 9.17) is 18.9 Å². The maximum Gasteiger partial charge on any atom is 0.326 e. The van der Waals surface area contributed by atoms with Crippen molar-refractivity contribution in [2.24, 2.45) is 23.7 Å². The molecular formula is C30H34N2O8. The van der Waals surface area contributed by atoms with E-state index in [1.54, 1.807) is 52.3 Å². The first kappa shape index (κ1) is 27.8. The van der Waals surface area contributed by atoms with Crippen molar-refractivity contribution in [2.45, 2.75) is 37.0 Å². The van der Waals surface area contributed by atoms with Crippen molar-refractivity contribution in [3.8, 4) is 11.5 Å². The molecule has 3 aliphatic rings. The maximum atomic E-state index is 14.7. The Hall–Kier alpha value is -3.76. The van der Waals surface area contributed by atoms with Gasteiger partial charge < -0.3 is 18.9 Å². The molecule has 0 spiro atoms. The molecule has 2 aromatic rings. The Labute approximate surface area is 232 Å². The van der Waals surface area contributed by atoms with E-state index in [-0.39, 0.29) is 11.6 Å². The van der Waals surface area contributed by atoms with Crippen LogP contribution in [0.4, 0.5) is 0 Å². The third-order valence-corrected chi connectivity index (χ3v) is 9.03. The molecule has 40 heavy (non-hydrogen) atoms. The third kappa shape index (κ3) is 3.92. The van der Waals surface area contributed by atoms with Crippen LogP contribution in [-0.4, -0.2) is 63.0 Å². The molecule has 0 unspecified atom stereocenters. The molecule has 0 aromatic heterocycles. The molecule has 1 saturated carbocycles. The quantitative estimate of drug-likeness (QED) is 0.516. The number of nitrogens with one attached hydrogen (secondary N) is 2. The highest BCUT2D eigenvalue weighted by Crippen LogP contribution is 2.57. The predicted molar refractivity (Wildman–Crippen MR) is 143 cm³/mol. The van der Waals surface area contributed by atoms with Crippen LogP contribution >= 0.6 is 0 Å². The van der Waals surface area contributed by atoms with E-state index < -0.39 is 58.8 Å². The first-order valence-corrected chi connectivity index (χ1v) is 13.1. The summed E-state index contributed by atoms with van der Waals surface area (Å²) in [6, 6.07) is 13.0. The van der Waals surface area contributed by atoms with E-state index in [0.717, 1.165) is 11.1 Å². The number of carbonyl (C=O) groups is 4. The summed E-state index contributed by atoms with van der Waals surface area (Å²) < 4.78 is 20.8. The fraction of sp³-hybridized carbons (Fsp3) is 0.467. The van der Waals surface area contributed by atoms with E-state index in [0.29, 0.717) is 11.5 Å². The van der Waals surface area contributed by atoms with E-state index >= 15 is 0 Å². The van der Waals surface area contributed by atoms with Gasteiger partial charge in [-0.05, 0) is 49.2 Å². The lowest BCUT2D eigenvalue weighted by atomic mass is 9.58. The van der Waals surface area contributed by atoms with Crippen LogP contribution in [0.5, 0.6) is 11.5 Å². The molecule has 2 N–H and O–H groups in total. The molecular weight excluding hydrogens is 516 g/mol. The average Bonchev–Trinajstić information content (AvgIpc) is 3.49. The van der Waals surface area contributed by atoms with Crippen molar-refractivity contribution in [3.63, 3.8) is 0 Å². The van der Waals surface area contributed by atoms with Crippen LogP contribution in [0.2, 0.25) is 0 Å².